The maximum absolute atomic E-state index is 3.65. The highest BCUT2D eigenvalue weighted by atomic mass is 15.2. The molecule has 0 aromatic rings. The molecule has 0 radical (unpaired) electrons. The van der Waals surface area contributed by atoms with E-state index in [9.17, 15) is 0 Å². The maximum Gasteiger partial charge on any atom is 0.0269 e. The van der Waals surface area contributed by atoms with E-state index < -0.39 is 0 Å². The Morgan fingerprint density at radius 2 is 1.73 bits per heavy atom. The normalized spacial score (nSPS) is 11.4. The van der Waals surface area contributed by atoms with Crippen molar-refractivity contribution < 1.29 is 0 Å². The predicted octanol–water partition coefficient (Wildman–Crippen LogP) is 1.43. The Kier molecular flexibility index (Phi) is 8.43. The number of nitrogens with zero attached hydrogens (tertiary/aromatic N) is 1. The first-order valence-electron chi connectivity index (χ1n) is 5.89. The summed E-state index contributed by atoms with van der Waals surface area (Å²) in [5.74, 6) is 0. The molecule has 0 spiro atoms. The lowest BCUT2D eigenvalue weighted by Crippen LogP contribution is -2.41. The van der Waals surface area contributed by atoms with Crippen molar-refractivity contribution in [2.24, 2.45) is 0 Å². The van der Waals surface area contributed by atoms with Crippen LogP contribution in [0, 0.1) is 0 Å². The molecule has 0 atom stereocenters. The standard InChI is InChI=1S/C12H27N3/c1-6-13-7-9-15(12(4)5)10-8-14-11(2)3/h6,11-14H,1,7-10H2,2-5H3. The van der Waals surface area contributed by atoms with Crippen LogP contribution in [0.4, 0.5) is 0 Å². The van der Waals surface area contributed by atoms with Crippen molar-refractivity contribution in [3.05, 3.63) is 12.8 Å². The van der Waals surface area contributed by atoms with Crippen LogP contribution in [0.3, 0.4) is 0 Å². The van der Waals surface area contributed by atoms with E-state index in [2.05, 4.69) is 49.8 Å². The van der Waals surface area contributed by atoms with Crippen LogP contribution >= 0.6 is 0 Å². The van der Waals surface area contributed by atoms with Gasteiger partial charge in [-0.3, -0.25) is 4.90 Å². The average molecular weight is 213 g/mol. The third-order valence-corrected chi connectivity index (χ3v) is 2.37. The molecule has 0 saturated carbocycles. The van der Waals surface area contributed by atoms with Crippen molar-refractivity contribution in [1.82, 2.24) is 15.5 Å². The van der Waals surface area contributed by atoms with Crippen LogP contribution in [0.15, 0.2) is 12.8 Å². The lowest BCUT2D eigenvalue weighted by atomic mass is 10.3. The average Bonchev–Trinajstić information content (AvgIpc) is 2.15. The molecular formula is C12H27N3. The molecule has 0 bridgehead atoms. The Bertz CT molecular complexity index is 155. The van der Waals surface area contributed by atoms with Crippen LogP contribution in [0.25, 0.3) is 0 Å². The smallest absolute Gasteiger partial charge is 0.0269 e. The molecule has 3 heteroatoms. The zero-order chi connectivity index (χ0) is 11.7. The summed E-state index contributed by atoms with van der Waals surface area (Å²) in [5, 5.41) is 6.57. The molecule has 0 fully saturated rings. The summed E-state index contributed by atoms with van der Waals surface area (Å²) in [6.07, 6.45) is 1.75. The van der Waals surface area contributed by atoms with E-state index in [1.807, 2.05) is 0 Å². The van der Waals surface area contributed by atoms with Crippen molar-refractivity contribution in [3.63, 3.8) is 0 Å². The molecule has 0 amide bonds. The third kappa shape index (κ3) is 8.45. The molecule has 90 valence electrons. The van der Waals surface area contributed by atoms with E-state index in [-0.39, 0.29) is 0 Å². The maximum atomic E-state index is 3.65. The Morgan fingerprint density at radius 3 is 2.20 bits per heavy atom. The van der Waals surface area contributed by atoms with E-state index >= 15 is 0 Å². The van der Waals surface area contributed by atoms with Gasteiger partial charge in [-0.05, 0) is 20.0 Å². The summed E-state index contributed by atoms with van der Waals surface area (Å²) in [6.45, 7) is 16.7. The van der Waals surface area contributed by atoms with Crippen LogP contribution in [0.2, 0.25) is 0 Å². The molecule has 3 nitrogen and oxygen atoms in total. The lowest BCUT2D eigenvalue weighted by molar-refractivity contribution is 0.223. The molecule has 0 aliphatic carbocycles. The molecule has 0 saturated heterocycles. The number of hydrogen-bond acceptors (Lipinski definition) is 3. The van der Waals surface area contributed by atoms with Crippen LogP contribution in [-0.2, 0) is 0 Å². The van der Waals surface area contributed by atoms with E-state index in [1.54, 1.807) is 6.20 Å². The molecule has 0 aromatic heterocycles. The van der Waals surface area contributed by atoms with E-state index in [0.717, 1.165) is 26.2 Å². The van der Waals surface area contributed by atoms with Crippen molar-refractivity contribution in [2.45, 2.75) is 39.8 Å². The Balaban J connectivity index is 3.68. The predicted molar refractivity (Wildman–Crippen MR) is 68.0 cm³/mol. The first-order valence-corrected chi connectivity index (χ1v) is 5.89. The second-order valence-corrected chi connectivity index (χ2v) is 4.40. The van der Waals surface area contributed by atoms with E-state index in [1.165, 1.54) is 0 Å². The summed E-state index contributed by atoms with van der Waals surface area (Å²) in [5.41, 5.74) is 0. The Hall–Kier alpha value is -0.540. The third-order valence-electron chi connectivity index (χ3n) is 2.37. The molecule has 0 aliphatic heterocycles. The molecular weight excluding hydrogens is 186 g/mol. The van der Waals surface area contributed by atoms with Gasteiger partial charge in [-0.1, -0.05) is 20.4 Å². The molecule has 0 aromatic carbocycles. The van der Waals surface area contributed by atoms with Gasteiger partial charge in [0.15, 0.2) is 0 Å². The molecule has 0 heterocycles. The molecule has 2 N–H and O–H groups in total. The van der Waals surface area contributed by atoms with Crippen LogP contribution < -0.4 is 10.6 Å². The monoisotopic (exact) mass is 213 g/mol. The molecule has 15 heavy (non-hydrogen) atoms. The molecule has 0 unspecified atom stereocenters. The number of nitrogens with one attached hydrogen (secondary N) is 2. The zero-order valence-electron chi connectivity index (χ0n) is 10.7. The van der Waals surface area contributed by atoms with Crippen LogP contribution in [0.5, 0.6) is 0 Å². The minimum atomic E-state index is 0.574. The zero-order valence-corrected chi connectivity index (χ0v) is 10.7. The van der Waals surface area contributed by atoms with Gasteiger partial charge >= 0.3 is 0 Å². The van der Waals surface area contributed by atoms with Crippen molar-refractivity contribution in [2.75, 3.05) is 26.2 Å². The van der Waals surface area contributed by atoms with Gasteiger partial charge in [-0.25, -0.2) is 0 Å². The van der Waals surface area contributed by atoms with Crippen molar-refractivity contribution in [1.29, 1.82) is 0 Å². The molecule has 0 rings (SSSR count). The number of hydrogen-bond donors (Lipinski definition) is 2. The molecule has 0 aliphatic rings. The van der Waals surface area contributed by atoms with Crippen LogP contribution in [0.1, 0.15) is 27.7 Å². The van der Waals surface area contributed by atoms with Gasteiger partial charge in [0.2, 0.25) is 0 Å². The fourth-order valence-corrected chi connectivity index (χ4v) is 1.44. The SMILES string of the molecule is C=CNCCN(CCNC(C)C)C(C)C. The van der Waals surface area contributed by atoms with E-state index in [4.69, 9.17) is 0 Å². The Labute approximate surface area is 94.9 Å². The second-order valence-electron chi connectivity index (χ2n) is 4.40. The minimum Gasteiger partial charge on any atom is -0.390 e. The minimum absolute atomic E-state index is 0.574. The van der Waals surface area contributed by atoms with Gasteiger partial charge in [0.1, 0.15) is 0 Å². The van der Waals surface area contributed by atoms with E-state index in [0.29, 0.717) is 12.1 Å². The van der Waals surface area contributed by atoms with Gasteiger partial charge in [0, 0.05) is 38.3 Å². The van der Waals surface area contributed by atoms with Gasteiger partial charge in [-0.15, -0.1) is 0 Å². The van der Waals surface area contributed by atoms with Gasteiger partial charge in [0.25, 0.3) is 0 Å². The lowest BCUT2D eigenvalue weighted by Gasteiger charge is -2.26. The Morgan fingerprint density at radius 1 is 1.13 bits per heavy atom. The van der Waals surface area contributed by atoms with Gasteiger partial charge in [-0.2, -0.15) is 0 Å². The van der Waals surface area contributed by atoms with Crippen LogP contribution in [-0.4, -0.2) is 43.2 Å². The number of rotatable bonds is 9. The van der Waals surface area contributed by atoms with Gasteiger partial charge < -0.3 is 10.6 Å². The summed E-state index contributed by atoms with van der Waals surface area (Å²) in [7, 11) is 0. The highest BCUT2D eigenvalue weighted by molar-refractivity contribution is 4.69. The summed E-state index contributed by atoms with van der Waals surface area (Å²) in [6, 6.07) is 1.18. The summed E-state index contributed by atoms with van der Waals surface area (Å²) < 4.78 is 0. The highest BCUT2D eigenvalue weighted by Crippen LogP contribution is 1.95. The topological polar surface area (TPSA) is 27.3 Å². The second kappa shape index (κ2) is 8.74. The fourth-order valence-electron chi connectivity index (χ4n) is 1.44. The van der Waals surface area contributed by atoms with Crippen molar-refractivity contribution >= 4 is 0 Å². The largest absolute Gasteiger partial charge is 0.390 e. The van der Waals surface area contributed by atoms with Gasteiger partial charge in [0.05, 0.1) is 0 Å². The first-order chi connectivity index (χ1) is 7.07. The summed E-state index contributed by atoms with van der Waals surface area (Å²) >= 11 is 0. The highest BCUT2D eigenvalue weighted by Gasteiger charge is 2.07. The quantitative estimate of drug-likeness (QED) is 0.567. The first kappa shape index (κ1) is 14.5. The summed E-state index contributed by atoms with van der Waals surface area (Å²) in [4.78, 5) is 2.46. The van der Waals surface area contributed by atoms with Crippen molar-refractivity contribution in [3.8, 4) is 0 Å². The fraction of sp³-hybridized carbons (Fsp3) is 0.833.